The Morgan fingerprint density at radius 1 is 1.56 bits per heavy atom. The van der Waals surface area contributed by atoms with Crippen LogP contribution in [0.25, 0.3) is 6.08 Å². The molecule has 1 aromatic rings. The van der Waals surface area contributed by atoms with Crippen LogP contribution in [0.5, 0.6) is 0 Å². The molecule has 16 heavy (non-hydrogen) atoms. The fourth-order valence-corrected chi connectivity index (χ4v) is 1.27. The van der Waals surface area contributed by atoms with E-state index in [1.807, 2.05) is 6.07 Å². The Morgan fingerprint density at radius 3 is 2.56 bits per heavy atom. The molecule has 1 heterocycles. The Labute approximate surface area is 92.5 Å². The molecule has 5 nitrogen and oxygen atoms in total. The smallest absolute Gasteiger partial charge is 0.120 e. The molecule has 5 heteroatoms. The Hall–Kier alpha value is -2.53. The summed E-state index contributed by atoms with van der Waals surface area (Å²) in [6, 6.07) is 5.02. The van der Waals surface area contributed by atoms with Crippen LogP contribution in [0.3, 0.4) is 0 Å². The van der Waals surface area contributed by atoms with E-state index in [0.29, 0.717) is 17.0 Å². The van der Waals surface area contributed by atoms with Gasteiger partial charge < -0.3 is 14.5 Å². The van der Waals surface area contributed by atoms with Crippen molar-refractivity contribution in [2.75, 3.05) is 0 Å². The van der Waals surface area contributed by atoms with E-state index in [-0.39, 0.29) is 0 Å². The van der Waals surface area contributed by atoms with Crippen molar-refractivity contribution >= 4 is 12.0 Å². The van der Waals surface area contributed by atoms with E-state index in [1.54, 1.807) is 18.5 Å². The molecule has 0 aromatic carbocycles. The van der Waals surface area contributed by atoms with Crippen molar-refractivity contribution in [3.8, 4) is 12.1 Å². The number of carboxylic acids is 1. The number of carbonyl (C=O) groups excluding carboxylic acids is 1. The molecule has 0 aliphatic heterocycles. The lowest BCUT2D eigenvalue weighted by atomic mass is 10.1. The lowest BCUT2D eigenvalue weighted by Gasteiger charge is -2.00. The molecule has 0 saturated carbocycles. The molecular weight excluding hydrogens is 206 g/mol. The minimum absolute atomic E-state index is 0.402. The lowest BCUT2D eigenvalue weighted by molar-refractivity contribution is -0.298. The molecule has 0 unspecified atom stereocenters. The summed E-state index contributed by atoms with van der Waals surface area (Å²) in [7, 11) is 1.69. The summed E-state index contributed by atoms with van der Waals surface area (Å²) in [6.45, 7) is 1.73. The van der Waals surface area contributed by atoms with Crippen LogP contribution in [0.2, 0.25) is 0 Å². The number of rotatable bonds is 2. The molecule has 0 amide bonds. The van der Waals surface area contributed by atoms with Gasteiger partial charge in [0, 0.05) is 12.7 Å². The number of nitrogens with zero attached hydrogens (tertiary/aromatic N) is 3. The second kappa shape index (κ2) is 4.33. The van der Waals surface area contributed by atoms with Crippen LogP contribution in [-0.2, 0) is 11.8 Å². The van der Waals surface area contributed by atoms with Crippen molar-refractivity contribution in [3.05, 3.63) is 28.6 Å². The van der Waals surface area contributed by atoms with E-state index in [9.17, 15) is 9.90 Å². The normalized spacial score (nSPS) is 10.6. The van der Waals surface area contributed by atoms with E-state index in [1.165, 1.54) is 18.2 Å². The van der Waals surface area contributed by atoms with E-state index >= 15 is 0 Å². The van der Waals surface area contributed by atoms with Crippen molar-refractivity contribution in [1.29, 1.82) is 10.5 Å². The molecule has 0 aliphatic carbocycles. The maximum atomic E-state index is 10.5. The van der Waals surface area contributed by atoms with Crippen LogP contribution in [0, 0.1) is 29.6 Å². The molecule has 0 fully saturated rings. The third-order valence-corrected chi connectivity index (χ3v) is 2.33. The number of nitriles is 2. The molecule has 0 atom stereocenters. The first kappa shape index (κ1) is 11.5. The second-order valence-corrected chi connectivity index (χ2v) is 3.20. The number of hydrogen-bond donors (Lipinski definition) is 0. The summed E-state index contributed by atoms with van der Waals surface area (Å²) in [5, 5.41) is 27.9. The topological polar surface area (TPSA) is 92.6 Å². The van der Waals surface area contributed by atoms with Crippen LogP contribution in [0.1, 0.15) is 17.0 Å². The summed E-state index contributed by atoms with van der Waals surface area (Å²) >= 11 is 0. The Kier molecular flexibility index (Phi) is 3.12. The van der Waals surface area contributed by atoms with Crippen molar-refractivity contribution < 1.29 is 9.90 Å². The van der Waals surface area contributed by atoms with Crippen molar-refractivity contribution in [1.82, 2.24) is 4.57 Å². The van der Waals surface area contributed by atoms with Crippen LogP contribution in [-0.4, -0.2) is 10.5 Å². The lowest BCUT2D eigenvalue weighted by Crippen LogP contribution is -2.23. The Bertz CT molecular complexity index is 553. The molecule has 0 saturated heterocycles. The molecule has 1 aromatic heterocycles. The van der Waals surface area contributed by atoms with E-state index in [0.717, 1.165) is 0 Å². The van der Waals surface area contributed by atoms with Gasteiger partial charge in [-0.25, -0.2) is 0 Å². The van der Waals surface area contributed by atoms with Gasteiger partial charge in [-0.15, -0.1) is 0 Å². The zero-order chi connectivity index (χ0) is 12.3. The minimum atomic E-state index is -1.52. The maximum Gasteiger partial charge on any atom is 0.120 e. The fraction of sp³-hybridized carbons (Fsp3) is 0.182. The number of hydrogen-bond acceptors (Lipinski definition) is 4. The summed E-state index contributed by atoms with van der Waals surface area (Å²) in [5.74, 6) is -1.52. The summed E-state index contributed by atoms with van der Waals surface area (Å²) in [4.78, 5) is 10.5. The fourth-order valence-electron chi connectivity index (χ4n) is 1.27. The van der Waals surface area contributed by atoms with Gasteiger partial charge in [-0.05, 0) is 24.6 Å². The molecule has 0 bridgehead atoms. The van der Waals surface area contributed by atoms with Crippen LogP contribution < -0.4 is 5.11 Å². The van der Waals surface area contributed by atoms with Gasteiger partial charge in [-0.2, -0.15) is 10.5 Å². The Morgan fingerprint density at radius 2 is 2.19 bits per heavy atom. The maximum absolute atomic E-state index is 10.5. The second-order valence-electron chi connectivity index (χ2n) is 3.20. The number of aliphatic carboxylic acids is 1. The zero-order valence-electron chi connectivity index (χ0n) is 8.81. The van der Waals surface area contributed by atoms with Gasteiger partial charge in [0.05, 0.1) is 11.5 Å². The molecule has 0 N–H and O–H groups in total. The molecule has 1 rings (SSSR count). The van der Waals surface area contributed by atoms with Gasteiger partial charge in [-0.1, -0.05) is 0 Å². The first-order valence-electron chi connectivity index (χ1n) is 4.40. The number of carboxylic acid groups (broad SMARTS) is 1. The highest BCUT2D eigenvalue weighted by Crippen LogP contribution is 2.16. The third-order valence-electron chi connectivity index (χ3n) is 2.33. The predicted molar refractivity (Wildman–Crippen MR) is 53.5 cm³/mol. The summed E-state index contributed by atoms with van der Waals surface area (Å²) in [6.07, 6.45) is 1.20. The molecule has 0 aliphatic rings. The zero-order valence-corrected chi connectivity index (χ0v) is 8.81. The molecule has 0 radical (unpaired) electrons. The van der Waals surface area contributed by atoms with Gasteiger partial charge in [0.1, 0.15) is 17.8 Å². The monoisotopic (exact) mass is 214 g/mol. The number of aromatic nitrogens is 1. The first-order chi connectivity index (χ1) is 7.51. The van der Waals surface area contributed by atoms with Gasteiger partial charge >= 0.3 is 0 Å². The summed E-state index contributed by atoms with van der Waals surface area (Å²) in [5.41, 5.74) is 1.18. The van der Waals surface area contributed by atoms with Crippen molar-refractivity contribution in [3.63, 3.8) is 0 Å². The van der Waals surface area contributed by atoms with E-state index in [2.05, 4.69) is 0 Å². The first-order valence-corrected chi connectivity index (χ1v) is 4.40. The van der Waals surface area contributed by atoms with Crippen LogP contribution in [0.4, 0.5) is 0 Å². The van der Waals surface area contributed by atoms with E-state index < -0.39 is 11.5 Å². The number of carbonyl (C=O) groups is 1. The highest BCUT2D eigenvalue weighted by molar-refractivity contribution is 5.95. The highest BCUT2D eigenvalue weighted by atomic mass is 16.4. The molecule has 0 spiro atoms. The predicted octanol–water partition coefficient (Wildman–Crippen LogP) is -0.138. The third kappa shape index (κ3) is 1.94. The quantitative estimate of drug-likeness (QED) is 0.506. The highest BCUT2D eigenvalue weighted by Gasteiger charge is 2.07. The van der Waals surface area contributed by atoms with Crippen LogP contribution in [0.15, 0.2) is 11.6 Å². The van der Waals surface area contributed by atoms with Gasteiger partial charge in [0.15, 0.2) is 0 Å². The minimum Gasteiger partial charge on any atom is -0.544 e. The summed E-state index contributed by atoms with van der Waals surface area (Å²) < 4.78 is 1.62. The van der Waals surface area contributed by atoms with Crippen molar-refractivity contribution in [2.24, 2.45) is 7.05 Å². The van der Waals surface area contributed by atoms with Gasteiger partial charge in [0.2, 0.25) is 0 Å². The standard InChI is InChI=1S/C11H9N3O2/c1-7-8(3-9(5-12)11(15)16)4-10(6-13)14(7)2/h3-4H,1-2H3,(H,15,16)/p-1/b9-3+. The largest absolute Gasteiger partial charge is 0.544 e. The average molecular weight is 214 g/mol. The van der Waals surface area contributed by atoms with Crippen molar-refractivity contribution in [2.45, 2.75) is 6.92 Å². The molecule has 80 valence electrons. The average Bonchev–Trinajstić information content (AvgIpc) is 2.52. The van der Waals surface area contributed by atoms with Gasteiger partial charge in [0.25, 0.3) is 0 Å². The van der Waals surface area contributed by atoms with Crippen LogP contribution >= 0.6 is 0 Å². The molecular formula is C11H8N3O2-. The Balaban J connectivity index is 3.33. The van der Waals surface area contributed by atoms with E-state index in [4.69, 9.17) is 10.5 Å². The SMILES string of the molecule is Cc1c(/C=C(\C#N)C(=O)[O-])cc(C#N)n1C. The van der Waals surface area contributed by atoms with Gasteiger partial charge in [-0.3, -0.25) is 0 Å².